The van der Waals surface area contributed by atoms with Crippen LogP contribution in [0.1, 0.15) is 16.7 Å². The van der Waals surface area contributed by atoms with Gasteiger partial charge in [-0.2, -0.15) is 0 Å². The first-order valence-electron chi connectivity index (χ1n) is 5.57. The van der Waals surface area contributed by atoms with Gasteiger partial charge in [0.05, 0.1) is 0 Å². The minimum Gasteiger partial charge on any atom is -0.206 e. The Morgan fingerprint density at radius 2 is 1.53 bits per heavy atom. The fraction of sp³-hybridized carbons (Fsp3) is 0.0667. The third-order valence-electron chi connectivity index (χ3n) is 2.65. The van der Waals surface area contributed by atoms with Gasteiger partial charge in [-0.15, -0.1) is 0 Å². The molecule has 0 radical (unpaired) electrons. The van der Waals surface area contributed by atoms with Crippen LogP contribution in [0.25, 0.3) is 12.2 Å². The number of alkyl halides is 1. The highest BCUT2D eigenvalue weighted by atomic mass is 79.9. The van der Waals surface area contributed by atoms with E-state index in [9.17, 15) is 4.39 Å². The molecule has 0 aliphatic rings. The summed E-state index contributed by atoms with van der Waals surface area (Å²) in [6, 6.07) is 10.2. The molecule has 19 heavy (non-hydrogen) atoms. The standard InChI is InChI=1S/C15H10BrCl2F/c16-9-12-7-13(17)5-3-10(12)1-2-11-4-6-14(18)8-15(11)19/h1-8H,9H2. The van der Waals surface area contributed by atoms with Crippen molar-refractivity contribution in [2.75, 3.05) is 0 Å². The fourth-order valence-electron chi connectivity index (χ4n) is 1.67. The Morgan fingerprint density at radius 1 is 0.947 bits per heavy atom. The van der Waals surface area contributed by atoms with E-state index in [1.807, 2.05) is 24.3 Å². The van der Waals surface area contributed by atoms with Gasteiger partial charge in [0.2, 0.25) is 0 Å². The van der Waals surface area contributed by atoms with Gasteiger partial charge in [-0.25, -0.2) is 4.39 Å². The molecule has 0 N–H and O–H groups in total. The van der Waals surface area contributed by atoms with Crippen LogP contribution >= 0.6 is 39.1 Å². The van der Waals surface area contributed by atoms with Crippen molar-refractivity contribution in [1.82, 2.24) is 0 Å². The topological polar surface area (TPSA) is 0 Å². The maximum Gasteiger partial charge on any atom is 0.131 e. The van der Waals surface area contributed by atoms with Crippen molar-refractivity contribution in [2.24, 2.45) is 0 Å². The minimum atomic E-state index is -0.335. The summed E-state index contributed by atoms with van der Waals surface area (Å²) in [4.78, 5) is 0. The average Bonchev–Trinajstić information content (AvgIpc) is 2.39. The van der Waals surface area contributed by atoms with Gasteiger partial charge < -0.3 is 0 Å². The summed E-state index contributed by atoms with van der Waals surface area (Å²) in [5.41, 5.74) is 2.55. The zero-order chi connectivity index (χ0) is 13.8. The fourth-order valence-corrected chi connectivity index (χ4v) is 2.51. The zero-order valence-electron chi connectivity index (χ0n) is 9.84. The van der Waals surface area contributed by atoms with E-state index >= 15 is 0 Å². The number of halogens is 4. The third kappa shape index (κ3) is 3.82. The summed E-state index contributed by atoms with van der Waals surface area (Å²) in [5.74, 6) is -0.335. The lowest BCUT2D eigenvalue weighted by Crippen LogP contribution is -1.85. The van der Waals surface area contributed by atoms with E-state index in [1.54, 1.807) is 18.2 Å². The minimum absolute atomic E-state index is 0.335. The molecule has 0 saturated heterocycles. The zero-order valence-corrected chi connectivity index (χ0v) is 12.9. The summed E-state index contributed by atoms with van der Waals surface area (Å²) in [7, 11) is 0. The molecular weight excluding hydrogens is 350 g/mol. The maximum absolute atomic E-state index is 13.6. The number of rotatable bonds is 3. The van der Waals surface area contributed by atoms with Crippen LogP contribution < -0.4 is 0 Å². The molecule has 2 rings (SSSR count). The number of hydrogen-bond acceptors (Lipinski definition) is 0. The summed E-state index contributed by atoms with van der Waals surface area (Å²) in [6.45, 7) is 0. The Labute approximate surface area is 130 Å². The second-order valence-corrected chi connectivity index (χ2v) is 5.41. The molecule has 0 unspecified atom stereocenters. The summed E-state index contributed by atoms with van der Waals surface area (Å²) < 4.78 is 13.6. The average molecular weight is 360 g/mol. The summed E-state index contributed by atoms with van der Waals surface area (Å²) >= 11 is 15.1. The Hall–Kier alpha value is -0.830. The molecule has 0 aromatic heterocycles. The monoisotopic (exact) mass is 358 g/mol. The van der Waals surface area contributed by atoms with Gasteiger partial charge in [-0.05, 0) is 35.4 Å². The Bertz CT molecular complexity index is 624. The highest BCUT2D eigenvalue weighted by molar-refractivity contribution is 9.08. The van der Waals surface area contributed by atoms with Gasteiger partial charge in [0.1, 0.15) is 5.82 Å². The van der Waals surface area contributed by atoms with Gasteiger partial charge in [-0.3, -0.25) is 0 Å². The second-order valence-electron chi connectivity index (χ2n) is 3.98. The van der Waals surface area contributed by atoms with Crippen molar-refractivity contribution < 1.29 is 4.39 Å². The van der Waals surface area contributed by atoms with Crippen LogP contribution in [0.2, 0.25) is 10.0 Å². The van der Waals surface area contributed by atoms with E-state index < -0.39 is 0 Å². The van der Waals surface area contributed by atoms with Gasteiger partial charge in [0.15, 0.2) is 0 Å². The molecular formula is C15H10BrCl2F. The van der Waals surface area contributed by atoms with Crippen molar-refractivity contribution in [3.63, 3.8) is 0 Å². The van der Waals surface area contributed by atoms with Crippen molar-refractivity contribution in [1.29, 1.82) is 0 Å². The first-order chi connectivity index (χ1) is 9.10. The van der Waals surface area contributed by atoms with Crippen molar-refractivity contribution in [3.8, 4) is 0 Å². The molecule has 2 aromatic rings. The van der Waals surface area contributed by atoms with E-state index in [-0.39, 0.29) is 5.82 Å². The predicted octanol–water partition coefficient (Wildman–Crippen LogP) is 6.20. The third-order valence-corrected chi connectivity index (χ3v) is 3.73. The van der Waals surface area contributed by atoms with Gasteiger partial charge in [-0.1, -0.05) is 63.4 Å². The quantitative estimate of drug-likeness (QED) is 0.452. The van der Waals surface area contributed by atoms with E-state index in [0.717, 1.165) is 11.1 Å². The van der Waals surface area contributed by atoms with Gasteiger partial charge in [0, 0.05) is 20.9 Å². The van der Waals surface area contributed by atoms with Gasteiger partial charge in [0.25, 0.3) is 0 Å². The van der Waals surface area contributed by atoms with Crippen LogP contribution in [0.3, 0.4) is 0 Å². The molecule has 0 saturated carbocycles. The van der Waals surface area contributed by atoms with E-state index in [4.69, 9.17) is 23.2 Å². The Balaban J connectivity index is 2.32. The van der Waals surface area contributed by atoms with Crippen molar-refractivity contribution in [2.45, 2.75) is 5.33 Å². The molecule has 0 heterocycles. The Kier molecular flexibility index (Phi) is 5.03. The molecule has 0 aliphatic carbocycles. The van der Waals surface area contributed by atoms with Crippen LogP contribution in [0.4, 0.5) is 4.39 Å². The van der Waals surface area contributed by atoms with E-state index in [2.05, 4.69) is 15.9 Å². The van der Waals surface area contributed by atoms with Crippen LogP contribution in [0.15, 0.2) is 36.4 Å². The molecule has 0 fully saturated rings. The van der Waals surface area contributed by atoms with Crippen molar-refractivity contribution >= 4 is 51.3 Å². The molecule has 2 aromatic carbocycles. The SMILES string of the molecule is Fc1cc(Cl)ccc1C=Cc1ccc(Cl)cc1CBr. The van der Waals surface area contributed by atoms with Crippen molar-refractivity contribution in [3.05, 3.63) is 69.0 Å². The van der Waals surface area contributed by atoms with Crippen LogP contribution in [-0.2, 0) is 5.33 Å². The van der Waals surface area contributed by atoms with E-state index in [0.29, 0.717) is 20.9 Å². The molecule has 0 spiro atoms. The molecule has 98 valence electrons. The molecule has 0 aliphatic heterocycles. The maximum atomic E-state index is 13.6. The highest BCUT2D eigenvalue weighted by Crippen LogP contribution is 2.22. The highest BCUT2D eigenvalue weighted by Gasteiger charge is 2.02. The summed E-state index contributed by atoms with van der Waals surface area (Å²) in [5, 5.41) is 1.77. The Morgan fingerprint density at radius 3 is 2.16 bits per heavy atom. The molecule has 0 bridgehead atoms. The lowest BCUT2D eigenvalue weighted by molar-refractivity contribution is 0.625. The molecule has 0 nitrogen and oxygen atoms in total. The smallest absolute Gasteiger partial charge is 0.131 e. The molecule has 0 atom stereocenters. The first-order valence-corrected chi connectivity index (χ1v) is 7.45. The molecule has 4 heteroatoms. The molecule has 0 amide bonds. The first kappa shape index (κ1) is 14.6. The predicted molar refractivity (Wildman–Crippen MR) is 84.4 cm³/mol. The lowest BCUT2D eigenvalue weighted by atomic mass is 10.1. The number of hydrogen-bond donors (Lipinski definition) is 0. The second kappa shape index (κ2) is 6.56. The largest absolute Gasteiger partial charge is 0.206 e. The van der Waals surface area contributed by atoms with E-state index in [1.165, 1.54) is 6.07 Å². The van der Waals surface area contributed by atoms with Crippen LogP contribution in [0, 0.1) is 5.82 Å². The van der Waals surface area contributed by atoms with Gasteiger partial charge >= 0.3 is 0 Å². The van der Waals surface area contributed by atoms with Crippen LogP contribution in [-0.4, -0.2) is 0 Å². The normalized spacial score (nSPS) is 11.2. The summed E-state index contributed by atoms with van der Waals surface area (Å²) in [6.07, 6.45) is 3.58. The lowest BCUT2D eigenvalue weighted by Gasteiger charge is -2.03. The van der Waals surface area contributed by atoms with Crippen LogP contribution in [0.5, 0.6) is 0 Å². The number of benzene rings is 2.